The molecule has 0 aromatic heterocycles. The van der Waals surface area contributed by atoms with Crippen LogP contribution in [0.5, 0.6) is 11.5 Å². The minimum atomic E-state index is -0.978. The maximum absolute atomic E-state index is 12.1. The second-order valence-corrected chi connectivity index (χ2v) is 8.05. The quantitative estimate of drug-likeness (QED) is 0.249. The van der Waals surface area contributed by atoms with Crippen LogP contribution in [0.1, 0.15) is 34.0 Å². The van der Waals surface area contributed by atoms with Crippen molar-refractivity contribution < 1.29 is 24.2 Å². The summed E-state index contributed by atoms with van der Waals surface area (Å²) in [4.78, 5) is 23.1. The van der Waals surface area contributed by atoms with Crippen LogP contribution < -0.4 is 20.2 Å². The molecule has 176 valence electrons. The Morgan fingerprint density at radius 1 is 1.09 bits per heavy atom. The monoisotopic (exact) mass is 525 g/mol. The van der Waals surface area contributed by atoms with Crippen molar-refractivity contribution in [2.45, 2.75) is 20.5 Å². The molecular weight excluding hydrogens is 502 g/mol. The largest absolute Gasteiger partial charge is 0.490 e. The Hall–Kier alpha value is -3.85. The number of carboxylic acid groups (broad SMARTS) is 1. The molecule has 0 bridgehead atoms. The van der Waals surface area contributed by atoms with E-state index in [4.69, 9.17) is 14.6 Å². The number of aromatic carboxylic acids is 1. The van der Waals surface area contributed by atoms with E-state index >= 15 is 0 Å². The number of rotatable bonds is 9. The highest BCUT2D eigenvalue weighted by Crippen LogP contribution is 2.37. The number of nitrogens with one attached hydrogen (secondary N) is 2. The fourth-order valence-electron chi connectivity index (χ4n) is 2.99. The highest BCUT2D eigenvalue weighted by atomic mass is 79.9. The Morgan fingerprint density at radius 3 is 2.50 bits per heavy atom. The Morgan fingerprint density at radius 2 is 1.82 bits per heavy atom. The summed E-state index contributed by atoms with van der Waals surface area (Å²) in [5.74, 6) is 0.0321. The predicted molar refractivity (Wildman–Crippen MR) is 134 cm³/mol. The topological polar surface area (TPSA) is 109 Å². The predicted octanol–water partition coefficient (Wildman–Crippen LogP) is 5.59. The minimum Gasteiger partial charge on any atom is -0.490 e. The molecule has 3 aromatic carbocycles. The lowest BCUT2D eigenvalue weighted by molar-refractivity contribution is 0.0696. The molecule has 0 aliphatic rings. The molecule has 3 N–H and O–H groups in total. The van der Waals surface area contributed by atoms with Crippen molar-refractivity contribution in [1.29, 1.82) is 0 Å². The zero-order chi connectivity index (χ0) is 24.5. The molecule has 0 unspecified atom stereocenters. The van der Waals surface area contributed by atoms with Gasteiger partial charge in [-0.3, -0.25) is 0 Å². The second-order valence-electron chi connectivity index (χ2n) is 7.19. The van der Waals surface area contributed by atoms with Crippen molar-refractivity contribution >= 4 is 39.8 Å². The van der Waals surface area contributed by atoms with E-state index in [9.17, 15) is 9.59 Å². The molecule has 0 fully saturated rings. The lowest BCUT2D eigenvalue weighted by Crippen LogP contribution is -2.24. The van der Waals surface area contributed by atoms with Crippen LogP contribution in [0.4, 0.5) is 10.5 Å². The van der Waals surface area contributed by atoms with Gasteiger partial charge in [-0.25, -0.2) is 15.0 Å². The lowest BCUT2D eigenvalue weighted by Gasteiger charge is -2.15. The molecule has 9 heteroatoms. The molecule has 0 aliphatic carbocycles. The second kappa shape index (κ2) is 11.9. The average Bonchev–Trinajstić information content (AvgIpc) is 2.80. The van der Waals surface area contributed by atoms with E-state index < -0.39 is 12.0 Å². The smallest absolute Gasteiger partial charge is 0.339 e. The first kappa shape index (κ1) is 24.8. The number of ether oxygens (including phenoxy) is 2. The Labute approximate surface area is 205 Å². The number of halogens is 1. The Bertz CT molecular complexity index is 1200. The third-order valence-electron chi connectivity index (χ3n) is 4.69. The van der Waals surface area contributed by atoms with E-state index in [1.165, 1.54) is 18.3 Å². The molecule has 0 spiro atoms. The number of amides is 2. The van der Waals surface area contributed by atoms with Gasteiger partial charge in [0.2, 0.25) is 0 Å². The summed E-state index contributed by atoms with van der Waals surface area (Å²) in [6.45, 7) is 4.42. The van der Waals surface area contributed by atoms with Crippen LogP contribution in [-0.4, -0.2) is 29.9 Å². The van der Waals surface area contributed by atoms with Crippen LogP contribution in [0.25, 0.3) is 0 Å². The van der Waals surface area contributed by atoms with Crippen LogP contribution in [-0.2, 0) is 6.61 Å². The number of urea groups is 1. The summed E-state index contributed by atoms with van der Waals surface area (Å²) in [7, 11) is 0. The van der Waals surface area contributed by atoms with Crippen molar-refractivity contribution in [3.05, 3.63) is 87.4 Å². The minimum absolute atomic E-state index is 0.213. The average molecular weight is 526 g/mol. The molecule has 0 aliphatic heterocycles. The molecule has 8 nitrogen and oxygen atoms in total. The maximum atomic E-state index is 12.1. The van der Waals surface area contributed by atoms with Gasteiger partial charge in [-0.15, -0.1) is 0 Å². The van der Waals surface area contributed by atoms with Gasteiger partial charge in [0.05, 0.1) is 22.9 Å². The molecule has 0 radical (unpaired) electrons. The molecular formula is C25H24BrN3O5. The molecule has 0 atom stereocenters. The molecule has 3 aromatic rings. The summed E-state index contributed by atoms with van der Waals surface area (Å²) >= 11 is 3.50. The fraction of sp³-hybridized carbons (Fsp3) is 0.160. The summed E-state index contributed by atoms with van der Waals surface area (Å²) in [5, 5.41) is 15.8. The number of anilines is 1. The zero-order valence-corrected chi connectivity index (χ0v) is 20.3. The number of aryl methyl sites for hydroxylation is 1. The lowest BCUT2D eigenvalue weighted by atomic mass is 10.1. The zero-order valence-electron chi connectivity index (χ0n) is 18.7. The number of carboxylic acids is 1. The van der Waals surface area contributed by atoms with Crippen LogP contribution in [0.3, 0.4) is 0 Å². The standard InChI is InChI=1S/C25H24BrN3O5/c1-3-33-22-13-18(14-27-29-25(32)28-21-7-5-4-6-16(21)2)12-20(26)23(22)34-15-17-8-10-19(11-9-17)24(30)31/h4-14H,3,15H2,1-2H3,(H,30,31)(H2,28,29,32). The van der Waals surface area contributed by atoms with Gasteiger partial charge in [0, 0.05) is 5.69 Å². The van der Waals surface area contributed by atoms with Gasteiger partial charge in [0.15, 0.2) is 11.5 Å². The fourth-order valence-corrected chi connectivity index (χ4v) is 3.57. The van der Waals surface area contributed by atoms with E-state index in [1.54, 1.807) is 24.3 Å². The van der Waals surface area contributed by atoms with Gasteiger partial charge < -0.3 is 19.9 Å². The SMILES string of the molecule is CCOc1cc(C=NNC(=O)Nc2ccccc2C)cc(Br)c1OCc1ccc(C(=O)O)cc1. The van der Waals surface area contributed by atoms with Crippen LogP contribution >= 0.6 is 15.9 Å². The third-order valence-corrected chi connectivity index (χ3v) is 5.28. The van der Waals surface area contributed by atoms with E-state index in [1.807, 2.05) is 38.1 Å². The van der Waals surface area contributed by atoms with Crippen LogP contribution in [0, 0.1) is 6.92 Å². The number of hydrogen-bond donors (Lipinski definition) is 3. The first-order valence-corrected chi connectivity index (χ1v) is 11.2. The van der Waals surface area contributed by atoms with E-state index in [-0.39, 0.29) is 12.2 Å². The summed E-state index contributed by atoms with van der Waals surface area (Å²) in [5.41, 5.74) is 5.80. The Kier molecular flexibility index (Phi) is 8.64. The van der Waals surface area contributed by atoms with E-state index in [0.29, 0.717) is 33.8 Å². The first-order valence-electron chi connectivity index (χ1n) is 10.4. The van der Waals surface area contributed by atoms with Crippen molar-refractivity contribution in [1.82, 2.24) is 5.43 Å². The van der Waals surface area contributed by atoms with Crippen LogP contribution in [0.2, 0.25) is 0 Å². The third kappa shape index (κ3) is 6.82. The van der Waals surface area contributed by atoms with Gasteiger partial charge in [0.1, 0.15) is 6.61 Å². The van der Waals surface area contributed by atoms with Gasteiger partial charge in [-0.2, -0.15) is 5.10 Å². The number of nitrogens with zero attached hydrogens (tertiary/aromatic N) is 1. The number of carbonyl (C=O) groups is 2. The molecule has 34 heavy (non-hydrogen) atoms. The highest BCUT2D eigenvalue weighted by molar-refractivity contribution is 9.10. The maximum Gasteiger partial charge on any atom is 0.339 e. The summed E-state index contributed by atoms with van der Waals surface area (Å²) < 4.78 is 12.3. The van der Waals surface area contributed by atoms with Crippen molar-refractivity contribution in [3.63, 3.8) is 0 Å². The molecule has 0 heterocycles. The van der Waals surface area contributed by atoms with Crippen molar-refractivity contribution in [3.8, 4) is 11.5 Å². The van der Waals surface area contributed by atoms with Crippen LogP contribution in [0.15, 0.2) is 70.2 Å². The van der Waals surface area contributed by atoms with Crippen molar-refractivity contribution in [2.75, 3.05) is 11.9 Å². The number of hydrogen-bond acceptors (Lipinski definition) is 5. The van der Waals surface area contributed by atoms with E-state index in [0.717, 1.165) is 11.1 Å². The molecule has 0 saturated carbocycles. The molecule has 3 rings (SSSR count). The van der Waals surface area contributed by atoms with Gasteiger partial charge in [0.25, 0.3) is 0 Å². The van der Waals surface area contributed by atoms with Gasteiger partial charge >= 0.3 is 12.0 Å². The number of carbonyl (C=O) groups excluding carboxylic acids is 1. The Balaban J connectivity index is 1.66. The van der Waals surface area contributed by atoms with Crippen molar-refractivity contribution in [2.24, 2.45) is 5.10 Å². The number of hydrazone groups is 1. The number of benzene rings is 3. The van der Waals surface area contributed by atoms with Gasteiger partial charge in [-0.1, -0.05) is 30.3 Å². The summed E-state index contributed by atoms with van der Waals surface area (Å²) in [6.07, 6.45) is 1.50. The number of para-hydroxylation sites is 1. The molecule has 2 amide bonds. The highest BCUT2D eigenvalue weighted by Gasteiger charge is 2.13. The van der Waals surface area contributed by atoms with E-state index in [2.05, 4.69) is 31.8 Å². The molecule has 0 saturated heterocycles. The van der Waals surface area contributed by atoms with Gasteiger partial charge in [-0.05, 0) is 76.8 Å². The first-order chi connectivity index (χ1) is 16.4. The summed E-state index contributed by atoms with van der Waals surface area (Å²) in [6, 6.07) is 17.0. The normalized spacial score (nSPS) is 10.7.